The SMILES string of the molecule is CCCC[C@@H](NC(=O)c1cccc2ccccc12)C(N)=O. The summed E-state index contributed by atoms with van der Waals surface area (Å²) in [7, 11) is 0. The lowest BCUT2D eigenvalue weighted by molar-refractivity contribution is -0.120. The average molecular weight is 284 g/mol. The lowest BCUT2D eigenvalue weighted by atomic mass is 10.0. The second kappa shape index (κ2) is 6.88. The highest BCUT2D eigenvalue weighted by atomic mass is 16.2. The van der Waals surface area contributed by atoms with E-state index in [1.54, 1.807) is 6.07 Å². The first kappa shape index (κ1) is 15.0. The van der Waals surface area contributed by atoms with Crippen LogP contribution in [0.3, 0.4) is 0 Å². The Labute approximate surface area is 124 Å². The number of primary amides is 1. The smallest absolute Gasteiger partial charge is 0.252 e. The number of nitrogens with one attached hydrogen (secondary N) is 1. The van der Waals surface area contributed by atoms with Gasteiger partial charge in [-0.15, -0.1) is 0 Å². The van der Waals surface area contributed by atoms with Gasteiger partial charge in [0.2, 0.25) is 5.91 Å². The minimum Gasteiger partial charge on any atom is -0.368 e. The van der Waals surface area contributed by atoms with Crippen LogP contribution in [-0.4, -0.2) is 17.9 Å². The second-order valence-electron chi connectivity index (χ2n) is 5.10. The van der Waals surface area contributed by atoms with Crippen molar-refractivity contribution in [2.24, 2.45) is 5.73 Å². The number of unbranched alkanes of at least 4 members (excludes halogenated alkanes) is 1. The summed E-state index contributed by atoms with van der Waals surface area (Å²) in [5.41, 5.74) is 5.93. The van der Waals surface area contributed by atoms with Crippen LogP contribution in [0.4, 0.5) is 0 Å². The van der Waals surface area contributed by atoms with Gasteiger partial charge in [-0.2, -0.15) is 0 Å². The van der Waals surface area contributed by atoms with Crippen molar-refractivity contribution in [1.82, 2.24) is 5.32 Å². The molecule has 2 aromatic rings. The molecular weight excluding hydrogens is 264 g/mol. The molecule has 110 valence electrons. The number of carbonyl (C=O) groups excluding carboxylic acids is 2. The topological polar surface area (TPSA) is 72.2 Å². The van der Waals surface area contributed by atoms with E-state index in [1.165, 1.54) is 0 Å². The van der Waals surface area contributed by atoms with Crippen LogP contribution in [0.2, 0.25) is 0 Å². The summed E-state index contributed by atoms with van der Waals surface area (Å²) in [4.78, 5) is 23.9. The van der Waals surface area contributed by atoms with E-state index in [-0.39, 0.29) is 5.91 Å². The van der Waals surface area contributed by atoms with Crippen molar-refractivity contribution in [3.05, 3.63) is 48.0 Å². The first-order chi connectivity index (χ1) is 10.1. The van der Waals surface area contributed by atoms with Crippen molar-refractivity contribution < 1.29 is 9.59 Å². The quantitative estimate of drug-likeness (QED) is 0.856. The highest BCUT2D eigenvalue weighted by Crippen LogP contribution is 2.18. The van der Waals surface area contributed by atoms with Gasteiger partial charge >= 0.3 is 0 Å². The molecule has 1 atom stereocenters. The van der Waals surface area contributed by atoms with E-state index in [2.05, 4.69) is 5.32 Å². The van der Waals surface area contributed by atoms with Crippen LogP contribution in [0.15, 0.2) is 42.5 Å². The predicted molar refractivity (Wildman–Crippen MR) is 83.9 cm³/mol. The first-order valence-corrected chi connectivity index (χ1v) is 7.21. The lowest BCUT2D eigenvalue weighted by Gasteiger charge is -2.16. The highest BCUT2D eigenvalue weighted by molar-refractivity contribution is 6.08. The average Bonchev–Trinajstić information content (AvgIpc) is 2.50. The number of hydrogen-bond acceptors (Lipinski definition) is 2. The van der Waals surface area contributed by atoms with Gasteiger partial charge in [0.15, 0.2) is 0 Å². The molecule has 0 spiro atoms. The molecule has 2 amide bonds. The summed E-state index contributed by atoms with van der Waals surface area (Å²) in [6.07, 6.45) is 2.37. The maximum absolute atomic E-state index is 12.4. The zero-order valence-corrected chi connectivity index (χ0v) is 12.1. The monoisotopic (exact) mass is 284 g/mol. The molecule has 2 rings (SSSR count). The molecule has 0 aliphatic rings. The number of benzene rings is 2. The third-order valence-electron chi connectivity index (χ3n) is 3.53. The summed E-state index contributed by atoms with van der Waals surface area (Å²) in [5.74, 6) is -0.747. The summed E-state index contributed by atoms with van der Waals surface area (Å²) in [5, 5.41) is 4.61. The molecule has 3 N–H and O–H groups in total. The van der Waals surface area contributed by atoms with Crippen molar-refractivity contribution in [1.29, 1.82) is 0 Å². The number of rotatable bonds is 6. The number of amides is 2. The Balaban J connectivity index is 2.23. The van der Waals surface area contributed by atoms with Gasteiger partial charge in [0.25, 0.3) is 5.91 Å². The van der Waals surface area contributed by atoms with Gasteiger partial charge in [-0.1, -0.05) is 56.2 Å². The normalized spacial score (nSPS) is 12.0. The molecule has 0 saturated heterocycles. The van der Waals surface area contributed by atoms with Crippen molar-refractivity contribution in [3.8, 4) is 0 Å². The van der Waals surface area contributed by atoms with Crippen LogP contribution in [-0.2, 0) is 4.79 Å². The van der Waals surface area contributed by atoms with E-state index in [4.69, 9.17) is 5.73 Å². The third-order valence-corrected chi connectivity index (χ3v) is 3.53. The molecule has 0 aliphatic carbocycles. The Morgan fingerprint density at radius 2 is 1.86 bits per heavy atom. The molecule has 21 heavy (non-hydrogen) atoms. The van der Waals surface area contributed by atoms with E-state index in [0.29, 0.717) is 12.0 Å². The Morgan fingerprint density at radius 3 is 2.57 bits per heavy atom. The number of nitrogens with two attached hydrogens (primary N) is 1. The molecule has 0 aromatic heterocycles. The van der Waals surface area contributed by atoms with Gasteiger partial charge in [-0.05, 0) is 23.3 Å². The Morgan fingerprint density at radius 1 is 1.14 bits per heavy atom. The Hall–Kier alpha value is -2.36. The van der Waals surface area contributed by atoms with Crippen molar-refractivity contribution in [3.63, 3.8) is 0 Å². The van der Waals surface area contributed by atoms with E-state index in [0.717, 1.165) is 23.6 Å². The molecule has 0 bridgehead atoms. The minimum absolute atomic E-state index is 0.258. The third kappa shape index (κ3) is 3.60. The van der Waals surface area contributed by atoms with Crippen LogP contribution >= 0.6 is 0 Å². The maximum atomic E-state index is 12.4. The van der Waals surface area contributed by atoms with E-state index in [9.17, 15) is 9.59 Å². The minimum atomic E-state index is -0.614. The molecule has 0 heterocycles. The fraction of sp³-hybridized carbons (Fsp3) is 0.294. The van der Waals surface area contributed by atoms with E-state index < -0.39 is 11.9 Å². The lowest BCUT2D eigenvalue weighted by Crippen LogP contribution is -2.44. The van der Waals surface area contributed by atoms with Crippen molar-refractivity contribution in [2.45, 2.75) is 32.2 Å². The van der Waals surface area contributed by atoms with Gasteiger partial charge in [0, 0.05) is 5.56 Å². The molecule has 4 nitrogen and oxygen atoms in total. The largest absolute Gasteiger partial charge is 0.368 e. The summed E-state index contributed by atoms with van der Waals surface area (Å²) >= 11 is 0. The van der Waals surface area contributed by atoms with Gasteiger partial charge in [-0.25, -0.2) is 0 Å². The van der Waals surface area contributed by atoms with Gasteiger partial charge in [0.05, 0.1) is 0 Å². The summed E-state index contributed by atoms with van der Waals surface area (Å²) in [6.45, 7) is 2.03. The van der Waals surface area contributed by atoms with Crippen LogP contribution in [0.5, 0.6) is 0 Å². The van der Waals surface area contributed by atoms with Gasteiger partial charge < -0.3 is 11.1 Å². The van der Waals surface area contributed by atoms with E-state index >= 15 is 0 Å². The molecule has 0 radical (unpaired) electrons. The first-order valence-electron chi connectivity index (χ1n) is 7.21. The molecule has 0 unspecified atom stereocenters. The van der Waals surface area contributed by atoms with Crippen LogP contribution < -0.4 is 11.1 Å². The van der Waals surface area contributed by atoms with Crippen molar-refractivity contribution in [2.75, 3.05) is 0 Å². The molecule has 2 aromatic carbocycles. The Bertz CT molecular complexity index is 647. The predicted octanol–water partition coefficient (Wildman–Crippen LogP) is 2.61. The summed E-state index contributed by atoms with van der Waals surface area (Å²) in [6, 6.07) is 12.6. The van der Waals surface area contributed by atoms with Gasteiger partial charge in [-0.3, -0.25) is 9.59 Å². The van der Waals surface area contributed by atoms with Gasteiger partial charge in [0.1, 0.15) is 6.04 Å². The molecular formula is C17H20N2O2. The van der Waals surface area contributed by atoms with Crippen molar-refractivity contribution >= 4 is 22.6 Å². The number of carbonyl (C=O) groups is 2. The number of hydrogen-bond donors (Lipinski definition) is 2. The maximum Gasteiger partial charge on any atom is 0.252 e. The fourth-order valence-corrected chi connectivity index (χ4v) is 2.35. The standard InChI is InChI=1S/C17H20N2O2/c1-2-3-11-15(16(18)20)19-17(21)14-10-6-8-12-7-4-5-9-13(12)14/h4-10,15H,2-3,11H2,1H3,(H2,18,20)(H,19,21)/t15-/m1/s1. The second-order valence-corrected chi connectivity index (χ2v) is 5.10. The zero-order valence-electron chi connectivity index (χ0n) is 12.1. The van der Waals surface area contributed by atoms with E-state index in [1.807, 2.05) is 43.3 Å². The Kier molecular flexibility index (Phi) is 4.93. The molecule has 0 fully saturated rings. The summed E-state index contributed by atoms with van der Waals surface area (Å²) < 4.78 is 0. The molecule has 0 aliphatic heterocycles. The molecule has 4 heteroatoms. The zero-order chi connectivity index (χ0) is 15.2. The van der Waals surface area contributed by atoms with Crippen LogP contribution in [0, 0.1) is 0 Å². The van der Waals surface area contributed by atoms with Crippen LogP contribution in [0.1, 0.15) is 36.5 Å². The molecule has 0 saturated carbocycles. The highest BCUT2D eigenvalue weighted by Gasteiger charge is 2.19. The fourth-order valence-electron chi connectivity index (χ4n) is 2.35. The number of fused-ring (bicyclic) bond motifs is 1. The van der Waals surface area contributed by atoms with Crippen LogP contribution in [0.25, 0.3) is 10.8 Å².